The van der Waals surface area contributed by atoms with Crippen molar-refractivity contribution in [3.05, 3.63) is 60.0 Å². The fourth-order valence-electron chi connectivity index (χ4n) is 2.45. The predicted octanol–water partition coefficient (Wildman–Crippen LogP) is 2.11. The van der Waals surface area contributed by atoms with Crippen LogP contribution in [0.3, 0.4) is 0 Å². The number of amides is 1. The highest BCUT2D eigenvalue weighted by Crippen LogP contribution is 2.19. The summed E-state index contributed by atoms with van der Waals surface area (Å²) in [6.07, 6.45) is 2.63. The van der Waals surface area contributed by atoms with Gasteiger partial charge in [0.15, 0.2) is 5.13 Å². The van der Waals surface area contributed by atoms with Crippen LogP contribution in [0.25, 0.3) is 0 Å². The topological polar surface area (TPSA) is 151 Å². The van der Waals surface area contributed by atoms with E-state index in [4.69, 9.17) is 4.42 Å². The Morgan fingerprint density at radius 2 is 1.97 bits per heavy atom. The molecule has 1 amide bonds. The Hall–Kier alpha value is -3.22. The van der Waals surface area contributed by atoms with Crippen LogP contribution >= 0.6 is 11.3 Å². The summed E-state index contributed by atoms with van der Waals surface area (Å²) >= 11 is 1.15. The minimum absolute atomic E-state index is 0.000717. The van der Waals surface area contributed by atoms with Crippen LogP contribution < -0.4 is 15.4 Å². The molecule has 0 aliphatic carbocycles. The molecule has 0 spiro atoms. The van der Waals surface area contributed by atoms with Crippen LogP contribution in [-0.4, -0.2) is 36.4 Å². The first-order valence-corrected chi connectivity index (χ1v) is 11.0. The second-order valence-corrected chi connectivity index (χ2v) is 8.65. The number of hydrogen-bond donors (Lipinski definition) is 4. The van der Waals surface area contributed by atoms with Crippen molar-refractivity contribution in [3.8, 4) is 0 Å². The zero-order valence-corrected chi connectivity index (χ0v) is 17.1. The number of rotatable bonds is 10. The summed E-state index contributed by atoms with van der Waals surface area (Å²) in [6.45, 7) is 0.163. The average Bonchev–Trinajstić information content (AvgIpc) is 3.39. The highest BCUT2D eigenvalue weighted by atomic mass is 32.2. The van der Waals surface area contributed by atoms with Gasteiger partial charge in [0.25, 0.3) is 10.0 Å². The van der Waals surface area contributed by atoms with Crippen LogP contribution in [0.1, 0.15) is 12.2 Å². The van der Waals surface area contributed by atoms with Crippen LogP contribution in [0.15, 0.2) is 63.6 Å². The van der Waals surface area contributed by atoms with Crippen molar-refractivity contribution >= 4 is 44.1 Å². The molecule has 2 heterocycles. The van der Waals surface area contributed by atoms with Crippen molar-refractivity contribution in [2.24, 2.45) is 0 Å². The number of nitrogens with zero attached hydrogens (tertiary/aromatic N) is 1. The van der Waals surface area contributed by atoms with E-state index < -0.39 is 27.9 Å². The molecule has 4 N–H and O–H groups in total. The number of hydrogen-bond acceptors (Lipinski definition) is 8. The molecule has 158 valence electrons. The molecule has 1 aromatic carbocycles. The van der Waals surface area contributed by atoms with Gasteiger partial charge < -0.3 is 14.8 Å². The number of aliphatic carboxylic acids is 1. The van der Waals surface area contributed by atoms with E-state index in [-0.39, 0.29) is 23.0 Å². The summed E-state index contributed by atoms with van der Waals surface area (Å²) in [5.41, 5.74) is 0.336. The molecular formula is C18H18N4O6S2. The Morgan fingerprint density at radius 3 is 2.57 bits per heavy atom. The number of nitrogens with one attached hydrogen (secondary N) is 3. The van der Waals surface area contributed by atoms with E-state index in [0.717, 1.165) is 11.3 Å². The number of aromatic nitrogens is 1. The second-order valence-electron chi connectivity index (χ2n) is 6.07. The maximum atomic E-state index is 12.3. The van der Waals surface area contributed by atoms with Crippen LogP contribution in [0.5, 0.6) is 0 Å². The molecule has 0 aliphatic heterocycles. The summed E-state index contributed by atoms with van der Waals surface area (Å²) in [6, 6.07) is 7.74. The number of thiazole rings is 1. The van der Waals surface area contributed by atoms with E-state index in [1.54, 1.807) is 17.5 Å². The van der Waals surface area contributed by atoms with Gasteiger partial charge in [-0.05, 0) is 36.4 Å². The number of furan rings is 1. The fraction of sp³-hybridized carbons (Fsp3) is 0.167. The number of carboxylic acid groups (broad SMARTS) is 1. The van der Waals surface area contributed by atoms with Gasteiger partial charge in [0.05, 0.1) is 24.1 Å². The number of carbonyl (C=O) groups is 2. The molecule has 0 fully saturated rings. The molecule has 0 radical (unpaired) electrons. The smallest absolute Gasteiger partial charge is 0.321 e. The first-order chi connectivity index (χ1) is 14.3. The van der Waals surface area contributed by atoms with E-state index in [9.17, 15) is 23.1 Å². The Labute approximate surface area is 176 Å². The third kappa shape index (κ3) is 5.89. The summed E-state index contributed by atoms with van der Waals surface area (Å²) in [5, 5.41) is 16.5. The number of carboxylic acids is 1. The van der Waals surface area contributed by atoms with Crippen LogP contribution in [0.2, 0.25) is 0 Å². The van der Waals surface area contributed by atoms with E-state index in [1.807, 2.05) is 0 Å². The highest BCUT2D eigenvalue weighted by molar-refractivity contribution is 7.93. The van der Waals surface area contributed by atoms with Gasteiger partial charge in [-0.3, -0.25) is 19.6 Å². The van der Waals surface area contributed by atoms with E-state index in [1.165, 1.54) is 36.7 Å². The number of anilines is 2. The molecule has 0 aliphatic rings. The van der Waals surface area contributed by atoms with Crippen molar-refractivity contribution in [1.29, 1.82) is 0 Å². The van der Waals surface area contributed by atoms with Gasteiger partial charge in [0.2, 0.25) is 5.91 Å². The number of carbonyl (C=O) groups excluding carboxylic acids is 1. The van der Waals surface area contributed by atoms with Crippen LogP contribution in [-0.2, 0) is 26.2 Å². The minimum atomic E-state index is -3.80. The molecule has 0 unspecified atom stereocenters. The van der Waals surface area contributed by atoms with Gasteiger partial charge in [-0.1, -0.05) is 0 Å². The van der Waals surface area contributed by atoms with Crippen molar-refractivity contribution in [2.75, 3.05) is 10.0 Å². The Kier molecular flexibility index (Phi) is 6.82. The molecule has 0 bridgehead atoms. The maximum absolute atomic E-state index is 12.3. The Balaban J connectivity index is 1.57. The molecular weight excluding hydrogens is 432 g/mol. The third-order valence-corrected chi connectivity index (χ3v) is 6.07. The monoisotopic (exact) mass is 450 g/mol. The lowest BCUT2D eigenvalue weighted by atomic mass is 10.2. The molecule has 0 saturated carbocycles. The summed E-state index contributed by atoms with van der Waals surface area (Å²) in [7, 11) is -3.80. The molecule has 10 nitrogen and oxygen atoms in total. The average molecular weight is 450 g/mol. The lowest BCUT2D eigenvalue weighted by molar-refractivity contribution is -0.141. The van der Waals surface area contributed by atoms with Crippen molar-refractivity contribution in [1.82, 2.24) is 10.3 Å². The van der Waals surface area contributed by atoms with E-state index in [0.29, 0.717) is 11.4 Å². The zero-order chi connectivity index (χ0) is 21.6. The predicted molar refractivity (Wildman–Crippen MR) is 110 cm³/mol. The molecule has 1 atom stereocenters. The molecule has 30 heavy (non-hydrogen) atoms. The van der Waals surface area contributed by atoms with Gasteiger partial charge in [0.1, 0.15) is 11.8 Å². The summed E-state index contributed by atoms with van der Waals surface area (Å²) in [5.74, 6) is -1.16. The fourth-order valence-corrected chi connectivity index (χ4v) is 4.24. The molecule has 3 rings (SSSR count). The SMILES string of the molecule is O=C(C[C@H](NCc1ccco1)C(=O)O)Nc1ccc(S(=O)(=O)Nc2nccs2)cc1. The molecule has 0 saturated heterocycles. The number of sulfonamides is 1. The standard InChI is InChI=1S/C18H18N4O6S2/c23-16(10-15(17(24)25)20-11-13-2-1-8-28-13)21-12-3-5-14(6-4-12)30(26,27)22-18-19-7-9-29-18/h1-9,15,20H,10-11H2,(H,19,22)(H,21,23)(H,24,25)/t15-/m0/s1. The van der Waals surface area contributed by atoms with Crippen LogP contribution in [0.4, 0.5) is 10.8 Å². The highest BCUT2D eigenvalue weighted by Gasteiger charge is 2.21. The van der Waals surface area contributed by atoms with Crippen molar-refractivity contribution in [3.63, 3.8) is 0 Å². The summed E-state index contributed by atoms with van der Waals surface area (Å²) < 4.78 is 32.1. The van der Waals surface area contributed by atoms with Crippen molar-refractivity contribution < 1.29 is 27.5 Å². The normalized spacial score (nSPS) is 12.3. The van der Waals surface area contributed by atoms with Gasteiger partial charge in [0, 0.05) is 17.3 Å². The quantitative estimate of drug-likeness (QED) is 0.367. The first-order valence-electron chi connectivity index (χ1n) is 8.64. The lowest BCUT2D eigenvalue weighted by Gasteiger charge is -2.14. The van der Waals surface area contributed by atoms with Gasteiger partial charge in [-0.15, -0.1) is 11.3 Å². The largest absolute Gasteiger partial charge is 0.480 e. The van der Waals surface area contributed by atoms with Crippen LogP contribution in [0, 0.1) is 0 Å². The van der Waals surface area contributed by atoms with Gasteiger partial charge in [-0.25, -0.2) is 13.4 Å². The lowest BCUT2D eigenvalue weighted by Crippen LogP contribution is -2.39. The Morgan fingerprint density at radius 1 is 1.20 bits per heavy atom. The first kappa shape index (κ1) is 21.5. The number of benzene rings is 1. The van der Waals surface area contributed by atoms with E-state index in [2.05, 4.69) is 20.3 Å². The third-order valence-electron chi connectivity index (χ3n) is 3.89. The van der Waals surface area contributed by atoms with Crippen molar-refractivity contribution in [2.45, 2.75) is 23.9 Å². The van der Waals surface area contributed by atoms with Gasteiger partial charge in [-0.2, -0.15) is 0 Å². The minimum Gasteiger partial charge on any atom is -0.480 e. The maximum Gasteiger partial charge on any atom is 0.321 e. The summed E-state index contributed by atoms with van der Waals surface area (Å²) in [4.78, 5) is 27.5. The Bertz CT molecular complexity index is 1080. The zero-order valence-electron chi connectivity index (χ0n) is 15.4. The van der Waals surface area contributed by atoms with E-state index >= 15 is 0 Å². The van der Waals surface area contributed by atoms with Gasteiger partial charge >= 0.3 is 5.97 Å². The molecule has 2 aromatic heterocycles. The molecule has 3 aromatic rings. The second kappa shape index (κ2) is 9.52. The molecule has 12 heteroatoms.